The third kappa shape index (κ3) is 2.17. The first-order valence-corrected chi connectivity index (χ1v) is 6.64. The molecule has 0 fully saturated rings. The highest BCUT2D eigenvalue weighted by atomic mass is 35.5. The zero-order valence-electron chi connectivity index (χ0n) is 9.25. The van der Waals surface area contributed by atoms with Crippen molar-refractivity contribution in [2.45, 2.75) is 13.8 Å². The molecule has 1 aliphatic heterocycles. The van der Waals surface area contributed by atoms with E-state index in [0.717, 1.165) is 5.56 Å². The van der Waals surface area contributed by atoms with Gasteiger partial charge in [-0.2, -0.15) is 8.42 Å². The summed E-state index contributed by atoms with van der Waals surface area (Å²) in [5.41, 5.74) is 2.04. The lowest BCUT2D eigenvalue weighted by atomic mass is 10.0. The molecule has 0 N–H and O–H groups in total. The summed E-state index contributed by atoms with van der Waals surface area (Å²) in [5, 5.41) is 0.529. The Morgan fingerprint density at radius 3 is 2.65 bits per heavy atom. The molecule has 0 saturated heterocycles. The Labute approximate surface area is 104 Å². The van der Waals surface area contributed by atoms with Crippen LogP contribution in [0.4, 0.5) is 3.89 Å². The number of halogens is 2. The molecule has 1 heterocycles. The molecule has 0 amide bonds. The van der Waals surface area contributed by atoms with Crippen LogP contribution in [-0.2, 0) is 10.2 Å². The SMILES string of the molecule is Cc1cc2c(c(C)c1Cl)C=C(S(=O)(=O)F)CO2. The van der Waals surface area contributed by atoms with Crippen molar-refractivity contribution in [3.8, 4) is 5.75 Å². The van der Waals surface area contributed by atoms with Gasteiger partial charge in [0.25, 0.3) is 0 Å². The van der Waals surface area contributed by atoms with E-state index in [1.165, 1.54) is 6.08 Å². The zero-order chi connectivity index (χ0) is 12.8. The van der Waals surface area contributed by atoms with E-state index in [-0.39, 0.29) is 11.5 Å². The summed E-state index contributed by atoms with van der Waals surface area (Å²) in [4.78, 5) is -0.381. The van der Waals surface area contributed by atoms with Crippen LogP contribution in [0.3, 0.4) is 0 Å². The van der Waals surface area contributed by atoms with Gasteiger partial charge in [-0.1, -0.05) is 11.6 Å². The molecule has 0 aliphatic carbocycles. The Morgan fingerprint density at radius 1 is 1.41 bits per heavy atom. The van der Waals surface area contributed by atoms with Gasteiger partial charge in [-0.05, 0) is 37.1 Å². The molecule has 0 unspecified atom stereocenters. The van der Waals surface area contributed by atoms with Crippen LogP contribution < -0.4 is 4.74 Å². The Bertz CT molecular complexity index is 620. The molecule has 0 atom stereocenters. The van der Waals surface area contributed by atoms with Crippen molar-refractivity contribution >= 4 is 27.9 Å². The Balaban J connectivity index is 2.67. The third-order valence-electron chi connectivity index (χ3n) is 2.68. The second kappa shape index (κ2) is 3.99. The number of hydrogen-bond donors (Lipinski definition) is 0. The maximum Gasteiger partial charge on any atom is 0.331 e. The first-order valence-electron chi connectivity index (χ1n) is 4.88. The molecule has 0 saturated carbocycles. The second-order valence-corrected chi connectivity index (χ2v) is 5.66. The van der Waals surface area contributed by atoms with Gasteiger partial charge in [0.2, 0.25) is 0 Å². The highest BCUT2D eigenvalue weighted by Gasteiger charge is 2.24. The smallest absolute Gasteiger partial charge is 0.331 e. The van der Waals surface area contributed by atoms with E-state index in [2.05, 4.69) is 0 Å². The molecule has 3 nitrogen and oxygen atoms in total. The lowest BCUT2D eigenvalue weighted by molar-refractivity contribution is 0.351. The number of benzene rings is 1. The van der Waals surface area contributed by atoms with E-state index in [0.29, 0.717) is 21.9 Å². The van der Waals surface area contributed by atoms with Crippen LogP contribution in [0.1, 0.15) is 16.7 Å². The van der Waals surface area contributed by atoms with E-state index in [1.807, 2.05) is 6.92 Å². The predicted molar refractivity (Wildman–Crippen MR) is 64.4 cm³/mol. The Kier molecular flexibility index (Phi) is 2.91. The normalized spacial score (nSPS) is 14.9. The van der Waals surface area contributed by atoms with Gasteiger partial charge in [0.1, 0.15) is 17.3 Å². The molecule has 0 radical (unpaired) electrons. The van der Waals surface area contributed by atoms with Gasteiger partial charge in [0, 0.05) is 10.6 Å². The van der Waals surface area contributed by atoms with Gasteiger partial charge >= 0.3 is 10.2 Å². The lowest BCUT2D eigenvalue weighted by Crippen LogP contribution is -2.13. The van der Waals surface area contributed by atoms with E-state index >= 15 is 0 Å². The average Bonchev–Trinajstić information content (AvgIpc) is 2.24. The summed E-state index contributed by atoms with van der Waals surface area (Å²) >= 11 is 6.05. The molecule has 92 valence electrons. The van der Waals surface area contributed by atoms with Crippen LogP contribution in [0.15, 0.2) is 11.0 Å². The number of rotatable bonds is 1. The fourth-order valence-corrected chi connectivity index (χ4v) is 2.34. The molecule has 1 aliphatic rings. The fourth-order valence-electron chi connectivity index (χ4n) is 1.73. The highest BCUT2D eigenvalue weighted by molar-refractivity contribution is 7.90. The van der Waals surface area contributed by atoms with Crippen molar-refractivity contribution in [3.63, 3.8) is 0 Å². The summed E-state index contributed by atoms with van der Waals surface area (Å²) < 4.78 is 39.7. The van der Waals surface area contributed by atoms with Crippen molar-refractivity contribution in [3.05, 3.63) is 32.7 Å². The molecule has 2 rings (SSSR count). The molecule has 0 spiro atoms. The van der Waals surface area contributed by atoms with E-state index in [1.54, 1.807) is 13.0 Å². The number of ether oxygens (including phenoxy) is 1. The third-order valence-corrected chi connectivity index (χ3v) is 4.12. The number of fused-ring (bicyclic) bond motifs is 1. The highest BCUT2D eigenvalue weighted by Crippen LogP contribution is 2.36. The number of hydrogen-bond acceptors (Lipinski definition) is 3. The first kappa shape index (κ1) is 12.4. The van der Waals surface area contributed by atoms with Crippen molar-refractivity contribution in [1.29, 1.82) is 0 Å². The Morgan fingerprint density at radius 2 is 2.06 bits per heavy atom. The predicted octanol–water partition coefficient (Wildman–Crippen LogP) is 2.99. The van der Waals surface area contributed by atoms with E-state index in [4.69, 9.17) is 16.3 Å². The second-order valence-electron chi connectivity index (χ2n) is 3.88. The monoisotopic (exact) mass is 276 g/mol. The minimum absolute atomic E-state index is 0.285. The largest absolute Gasteiger partial charge is 0.487 e. The van der Waals surface area contributed by atoms with Crippen LogP contribution in [-0.4, -0.2) is 15.0 Å². The summed E-state index contributed by atoms with van der Waals surface area (Å²) in [7, 11) is -4.72. The van der Waals surface area contributed by atoms with Crippen molar-refractivity contribution in [1.82, 2.24) is 0 Å². The van der Waals surface area contributed by atoms with Crippen molar-refractivity contribution in [2.24, 2.45) is 0 Å². The quantitative estimate of drug-likeness (QED) is 0.741. The topological polar surface area (TPSA) is 43.4 Å². The van der Waals surface area contributed by atoms with Crippen LogP contribution in [0.25, 0.3) is 6.08 Å². The van der Waals surface area contributed by atoms with Crippen molar-refractivity contribution < 1.29 is 17.0 Å². The van der Waals surface area contributed by atoms with Gasteiger partial charge in [-0.25, -0.2) is 0 Å². The molecule has 1 aromatic rings. The van der Waals surface area contributed by atoms with Crippen LogP contribution in [0, 0.1) is 13.8 Å². The number of aryl methyl sites for hydroxylation is 1. The lowest BCUT2D eigenvalue weighted by Gasteiger charge is -2.19. The van der Waals surface area contributed by atoms with Gasteiger partial charge in [0.05, 0.1) is 0 Å². The van der Waals surface area contributed by atoms with Gasteiger partial charge in [0.15, 0.2) is 0 Å². The van der Waals surface area contributed by atoms with Gasteiger partial charge in [-0.3, -0.25) is 0 Å². The zero-order valence-corrected chi connectivity index (χ0v) is 10.8. The maximum atomic E-state index is 12.9. The molecule has 1 aromatic carbocycles. The average molecular weight is 277 g/mol. The maximum absolute atomic E-state index is 12.9. The summed E-state index contributed by atoms with van der Waals surface area (Å²) in [5.74, 6) is 0.525. The molecular formula is C11H10ClFO3S. The van der Waals surface area contributed by atoms with Crippen molar-refractivity contribution in [2.75, 3.05) is 6.61 Å². The standard InChI is InChI=1S/C11H10ClFO3S/c1-6-3-10-9(7(2)11(6)12)4-8(5-16-10)17(13,14)15/h3-4H,5H2,1-2H3. The van der Waals surface area contributed by atoms with E-state index in [9.17, 15) is 12.3 Å². The fraction of sp³-hybridized carbons (Fsp3) is 0.273. The first-order chi connectivity index (χ1) is 7.80. The molecule has 0 aromatic heterocycles. The Hall–Kier alpha value is -1.07. The van der Waals surface area contributed by atoms with Crippen LogP contribution in [0.5, 0.6) is 5.75 Å². The summed E-state index contributed by atoms with van der Waals surface area (Å²) in [6.07, 6.45) is 1.27. The summed E-state index contributed by atoms with van der Waals surface area (Å²) in [6.45, 7) is 3.28. The molecule has 17 heavy (non-hydrogen) atoms. The molecule has 6 heteroatoms. The van der Waals surface area contributed by atoms with Crippen LogP contribution >= 0.6 is 11.6 Å². The minimum Gasteiger partial charge on any atom is -0.487 e. The minimum atomic E-state index is -4.72. The van der Waals surface area contributed by atoms with Gasteiger partial charge in [-0.15, -0.1) is 3.89 Å². The summed E-state index contributed by atoms with van der Waals surface area (Å²) in [6, 6.07) is 1.71. The molecule has 0 bridgehead atoms. The van der Waals surface area contributed by atoms with Crippen LogP contribution in [0.2, 0.25) is 5.02 Å². The molecular weight excluding hydrogens is 267 g/mol. The van der Waals surface area contributed by atoms with E-state index < -0.39 is 10.2 Å². The van der Waals surface area contributed by atoms with Gasteiger partial charge < -0.3 is 4.74 Å².